The van der Waals surface area contributed by atoms with Gasteiger partial charge < -0.3 is 15.6 Å². The predicted molar refractivity (Wildman–Crippen MR) is 98.4 cm³/mol. The van der Waals surface area contributed by atoms with E-state index in [4.69, 9.17) is 5.73 Å². The van der Waals surface area contributed by atoms with E-state index in [0.717, 1.165) is 11.3 Å². The number of primary amides is 1. The first-order valence-corrected chi connectivity index (χ1v) is 8.70. The topological polar surface area (TPSA) is 103 Å². The molecule has 1 aromatic heterocycles. The average molecular weight is 359 g/mol. The SMILES string of the molecule is C=CCn1c(CC(=O)Nc2ccc(C)c(C)c2)nnc1SCC(N)=O. The van der Waals surface area contributed by atoms with Gasteiger partial charge in [-0.2, -0.15) is 0 Å². The molecule has 0 saturated carbocycles. The first-order chi connectivity index (χ1) is 11.9. The minimum atomic E-state index is -0.438. The highest BCUT2D eigenvalue weighted by Crippen LogP contribution is 2.18. The van der Waals surface area contributed by atoms with Gasteiger partial charge in [-0.3, -0.25) is 9.59 Å². The number of hydrogen-bond donors (Lipinski definition) is 2. The largest absolute Gasteiger partial charge is 0.369 e. The molecule has 0 aliphatic heterocycles. The Hall–Kier alpha value is -2.61. The molecule has 132 valence electrons. The summed E-state index contributed by atoms with van der Waals surface area (Å²) < 4.78 is 1.75. The molecule has 2 rings (SSSR count). The molecule has 0 aliphatic rings. The normalized spacial score (nSPS) is 10.5. The lowest BCUT2D eigenvalue weighted by Crippen LogP contribution is -2.18. The fourth-order valence-electron chi connectivity index (χ4n) is 2.17. The summed E-state index contributed by atoms with van der Waals surface area (Å²) in [6.45, 7) is 8.16. The van der Waals surface area contributed by atoms with Crippen LogP contribution in [0.3, 0.4) is 0 Å². The number of anilines is 1. The lowest BCUT2D eigenvalue weighted by atomic mass is 10.1. The number of benzene rings is 1. The molecule has 3 N–H and O–H groups in total. The van der Waals surface area contributed by atoms with Gasteiger partial charge in [-0.15, -0.1) is 16.8 Å². The number of aryl methyl sites for hydroxylation is 2. The average Bonchev–Trinajstić information content (AvgIpc) is 2.91. The fourth-order valence-corrected chi connectivity index (χ4v) is 2.88. The Morgan fingerprint density at radius 2 is 2.08 bits per heavy atom. The van der Waals surface area contributed by atoms with E-state index >= 15 is 0 Å². The van der Waals surface area contributed by atoms with Crippen molar-refractivity contribution in [2.45, 2.75) is 32.0 Å². The van der Waals surface area contributed by atoms with Crippen LogP contribution in [0.2, 0.25) is 0 Å². The summed E-state index contributed by atoms with van der Waals surface area (Å²) in [5.74, 6) is -0.0165. The van der Waals surface area contributed by atoms with Gasteiger partial charge in [0.05, 0.1) is 12.2 Å². The molecule has 2 aromatic rings. The van der Waals surface area contributed by atoms with Gasteiger partial charge in [0.25, 0.3) is 0 Å². The monoisotopic (exact) mass is 359 g/mol. The molecule has 25 heavy (non-hydrogen) atoms. The molecule has 0 atom stereocenters. The van der Waals surface area contributed by atoms with Crippen molar-refractivity contribution in [3.05, 3.63) is 47.8 Å². The van der Waals surface area contributed by atoms with Crippen LogP contribution >= 0.6 is 11.8 Å². The Morgan fingerprint density at radius 3 is 2.72 bits per heavy atom. The van der Waals surface area contributed by atoms with Crippen molar-refractivity contribution in [1.82, 2.24) is 14.8 Å². The second-order valence-electron chi connectivity index (χ2n) is 5.58. The van der Waals surface area contributed by atoms with Gasteiger partial charge in [0.2, 0.25) is 11.8 Å². The van der Waals surface area contributed by atoms with Crippen molar-refractivity contribution < 1.29 is 9.59 Å². The third-order valence-electron chi connectivity index (χ3n) is 3.56. The first kappa shape index (κ1) is 18.7. The molecule has 7 nitrogen and oxygen atoms in total. The van der Waals surface area contributed by atoms with Crippen molar-refractivity contribution in [3.63, 3.8) is 0 Å². The summed E-state index contributed by atoms with van der Waals surface area (Å²) in [5.41, 5.74) is 8.18. The molecule has 0 saturated heterocycles. The van der Waals surface area contributed by atoms with Gasteiger partial charge in [0, 0.05) is 12.2 Å². The maximum absolute atomic E-state index is 12.3. The molecular weight excluding hydrogens is 338 g/mol. The van der Waals surface area contributed by atoms with Crippen molar-refractivity contribution in [2.24, 2.45) is 5.73 Å². The van der Waals surface area contributed by atoms with Crippen LogP contribution in [0.4, 0.5) is 5.69 Å². The summed E-state index contributed by atoms with van der Waals surface area (Å²) in [5, 5.41) is 11.5. The number of carbonyl (C=O) groups excluding carboxylic acids is 2. The van der Waals surface area contributed by atoms with Crippen molar-refractivity contribution in [2.75, 3.05) is 11.1 Å². The number of aromatic nitrogens is 3. The zero-order chi connectivity index (χ0) is 18.4. The fraction of sp³-hybridized carbons (Fsp3) is 0.294. The molecule has 8 heteroatoms. The van der Waals surface area contributed by atoms with E-state index in [-0.39, 0.29) is 18.1 Å². The van der Waals surface area contributed by atoms with Crippen LogP contribution < -0.4 is 11.1 Å². The highest BCUT2D eigenvalue weighted by Gasteiger charge is 2.16. The van der Waals surface area contributed by atoms with Crippen molar-refractivity contribution in [3.8, 4) is 0 Å². The predicted octanol–water partition coefficient (Wildman–Crippen LogP) is 1.84. The van der Waals surface area contributed by atoms with Crippen LogP contribution in [-0.2, 0) is 22.6 Å². The van der Waals surface area contributed by atoms with E-state index in [0.29, 0.717) is 17.5 Å². The van der Waals surface area contributed by atoms with Crippen LogP contribution in [0.1, 0.15) is 17.0 Å². The number of carbonyl (C=O) groups is 2. The quantitative estimate of drug-likeness (QED) is 0.553. The van der Waals surface area contributed by atoms with Crippen LogP contribution in [-0.4, -0.2) is 32.3 Å². The highest BCUT2D eigenvalue weighted by atomic mass is 32.2. The molecule has 0 radical (unpaired) electrons. The maximum atomic E-state index is 12.3. The van der Waals surface area contributed by atoms with Crippen LogP contribution in [0, 0.1) is 13.8 Å². The Bertz CT molecular complexity index is 800. The zero-order valence-electron chi connectivity index (χ0n) is 14.3. The summed E-state index contributed by atoms with van der Waals surface area (Å²) in [7, 11) is 0. The Kier molecular flexibility index (Phi) is 6.35. The number of nitrogens with zero attached hydrogens (tertiary/aromatic N) is 3. The number of nitrogens with one attached hydrogen (secondary N) is 1. The van der Waals surface area contributed by atoms with Crippen LogP contribution in [0.5, 0.6) is 0 Å². The minimum Gasteiger partial charge on any atom is -0.369 e. The van der Waals surface area contributed by atoms with E-state index < -0.39 is 5.91 Å². The van der Waals surface area contributed by atoms with Gasteiger partial charge in [0.15, 0.2) is 5.16 Å². The smallest absolute Gasteiger partial charge is 0.232 e. The second kappa shape index (κ2) is 8.48. The molecule has 0 aliphatic carbocycles. The first-order valence-electron chi connectivity index (χ1n) is 7.72. The molecule has 0 bridgehead atoms. The van der Waals surface area contributed by atoms with E-state index in [1.807, 2.05) is 32.0 Å². The summed E-state index contributed by atoms with van der Waals surface area (Å²) >= 11 is 1.19. The van der Waals surface area contributed by atoms with E-state index in [9.17, 15) is 9.59 Å². The summed E-state index contributed by atoms with van der Waals surface area (Å²) in [6.07, 6.45) is 1.76. The lowest BCUT2D eigenvalue weighted by Gasteiger charge is -2.09. The molecule has 0 unspecified atom stereocenters. The minimum absolute atomic E-state index is 0.0743. The number of thioether (sulfide) groups is 1. The standard InChI is InChI=1S/C17H21N5O2S/c1-4-7-22-15(20-21-17(22)25-10-14(18)23)9-16(24)19-13-6-5-11(2)12(3)8-13/h4-6,8H,1,7,9-10H2,2-3H3,(H2,18,23)(H,19,24). The number of hydrogen-bond acceptors (Lipinski definition) is 5. The third-order valence-corrected chi connectivity index (χ3v) is 4.55. The zero-order valence-corrected chi connectivity index (χ0v) is 15.1. The number of allylic oxidation sites excluding steroid dienone is 1. The second-order valence-corrected chi connectivity index (χ2v) is 6.52. The Balaban J connectivity index is 2.09. The van der Waals surface area contributed by atoms with Gasteiger partial charge >= 0.3 is 0 Å². The summed E-state index contributed by atoms with van der Waals surface area (Å²) in [4.78, 5) is 23.3. The molecule has 1 heterocycles. The van der Waals surface area contributed by atoms with Gasteiger partial charge in [-0.1, -0.05) is 23.9 Å². The third kappa shape index (κ3) is 5.18. The van der Waals surface area contributed by atoms with Crippen molar-refractivity contribution >= 4 is 29.3 Å². The number of nitrogens with two attached hydrogens (primary N) is 1. The van der Waals surface area contributed by atoms with Gasteiger partial charge in [-0.05, 0) is 37.1 Å². The Labute approximate surface area is 150 Å². The summed E-state index contributed by atoms with van der Waals surface area (Å²) in [6, 6.07) is 5.75. The number of amides is 2. The van der Waals surface area contributed by atoms with Crippen molar-refractivity contribution in [1.29, 1.82) is 0 Å². The maximum Gasteiger partial charge on any atom is 0.232 e. The van der Waals surface area contributed by atoms with Crippen LogP contribution in [0.15, 0.2) is 36.0 Å². The molecule has 0 spiro atoms. The molecule has 1 aromatic carbocycles. The van der Waals surface area contributed by atoms with E-state index in [1.54, 1.807) is 10.6 Å². The van der Waals surface area contributed by atoms with E-state index in [1.165, 1.54) is 17.3 Å². The van der Waals surface area contributed by atoms with E-state index in [2.05, 4.69) is 22.1 Å². The molecular formula is C17H21N5O2S. The highest BCUT2D eigenvalue weighted by molar-refractivity contribution is 7.99. The molecule has 2 amide bonds. The van der Waals surface area contributed by atoms with Gasteiger partial charge in [0.1, 0.15) is 5.82 Å². The lowest BCUT2D eigenvalue weighted by molar-refractivity contribution is -0.116. The Morgan fingerprint density at radius 1 is 1.32 bits per heavy atom. The molecule has 0 fully saturated rings. The number of rotatable bonds is 8. The van der Waals surface area contributed by atoms with Gasteiger partial charge in [-0.25, -0.2) is 0 Å². The van der Waals surface area contributed by atoms with Crippen LogP contribution in [0.25, 0.3) is 0 Å².